The first-order valence-corrected chi connectivity index (χ1v) is 8.09. The van der Waals surface area contributed by atoms with Crippen LogP contribution < -0.4 is 10.2 Å². The molecular weight excluding hydrogens is 302 g/mol. The average molecular weight is 323 g/mol. The molecule has 24 heavy (non-hydrogen) atoms. The van der Waals surface area contributed by atoms with E-state index in [9.17, 15) is 9.59 Å². The number of aromatic nitrogens is 1. The molecule has 5 heteroatoms. The minimum atomic E-state index is -0.311. The van der Waals surface area contributed by atoms with Crippen LogP contribution in [-0.2, 0) is 16.1 Å². The molecule has 0 saturated carbocycles. The minimum Gasteiger partial charge on any atom is -0.352 e. The zero-order chi connectivity index (χ0) is 17.1. The van der Waals surface area contributed by atoms with Gasteiger partial charge in [-0.2, -0.15) is 0 Å². The molecule has 2 aromatic rings. The lowest BCUT2D eigenvalue weighted by Gasteiger charge is -2.20. The largest absolute Gasteiger partial charge is 0.352 e. The Labute approximate surface area is 141 Å². The molecule has 1 atom stereocenters. The molecule has 124 valence electrons. The van der Waals surface area contributed by atoms with Crippen LogP contribution in [0.4, 0.5) is 5.69 Å². The third-order valence-electron chi connectivity index (χ3n) is 4.55. The number of carbonyl (C=O) groups is 2. The summed E-state index contributed by atoms with van der Waals surface area (Å²) in [5.41, 5.74) is 4.08. The zero-order valence-electron chi connectivity index (χ0n) is 14.0. The minimum absolute atomic E-state index is 0.00484. The highest BCUT2D eigenvalue weighted by Gasteiger charge is 2.35. The van der Waals surface area contributed by atoms with E-state index in [1.807, 2.05) is 44.2 Å². The molecule has 1 aliphatic rings. The maximum atomic E-state index is 12.4. The number of anilines is 1. The highest BCUT2D eigenvalue weighted by atomic mass is 16.2. The summed E-state index contributed by atoms with van der Waals surface area (Å²) in [7, 11) is 0. The van der Waals surface area contributed by atoms with Crippen LogP contribution in [0, 0.1) is 19.8 Å². The van der Waals surface area contributed by atoms with Crippen LogP contribution in [0.5, 0.6) is 0 Å². The predicted molar refractivity (Wildman–Crippen MR) is 92.5 cm³/mol. The number of aryl methyl sites for hydroxylation is 1. The smallest absolute Gasteiger partial charge is 0.227 e. The van der Waals surface area contributed by atoms with Gasteiger partial charge in [0.15, 0.2) is 0 Å². The Morgan fingerprint density at radius 1 is 1.29 bits per heavy atom. The fourth-order valence-electron chi connectivity index (χ4n) is 2.98. The topological polar surface area (TPSA) is 62.3 Å². The van der Waals surface area contributed by atoms with Gasteiger partial charge in [0, 0.05) is 37.6 Å². The Hall–Kier alpha value is -2.69. The second-order valence-corrected chi connectivity index (χ2v) is 6.20. The van der Waals surface area contributed by atoms with E-state index < -0.39 is 0 Å². The summed E-state index contributed by atoms with van der Waals surface area (Å²) in [5, 5.41) is 2.90. The first kappa shape index (κ1) is 16.2. The van der Waals surface area contributed by atoms with E-state index >= 15 is 0 Å². The molecule has 0 bridgehead atoms. The van der Waals surface area contributed by atoms with Crippen LogP contribution in [0.3, 0.4) is 0 Å². The highest BCUT2D eigenvalue weighted by molar-refractivity contribution is 6.00. The molecule has 1 aliphatic heterocycles. The monoisotopic (exact) mass is 323 g/mol. The average Bonchev–Trinajstić information content (AvgIpc) is 2.98. The van der Waals surface area contributed by atoms with E-state index in [0.29, 0.717) is 13.1 Å². The van der Waals surface area contributed by atoms with Crippen molar-refractivity contribution in [1.29, 1.82) is 0 Å². The summed E-state index contributed by atoms with van der Waals surface area (Å²) in [6.45, 7) is 4.90. The van der Waals surface area contributed by atoms with Gasteiger partial charge in [0.05, 0.1) is 5.92 Å². The number of rotatable bonds is 4. The molecule has 0 radical (unpaired) electrons. The van der Waals surface area contributed by atoms with Crippen molar-refractivity contribution in [2.75, 3.05) is 11.4 Å². The summed E-state index contributed by atoms with van der Waals surface area (Å²) in [5.74, 6) is -0.390. The fourth-order valence-corrected chi connectivity index (χ4v) is 2.98. The van der Waals surface area contributed by atoms with Crippen molar-refractivity contribution in [2.45, 2.75) is 26.8 Å². The van der Waals surface area contributed by atoms with Crippen molar-refractivity contribution in [3.63, 3.8) is 0 Å². The van der Waals surface area contributed by atoms with Crippen LogP contribution in [0.2, 0.25) is 0 Å². The van der Waals surface area contributed by atoms with Gasteiger partial charge in [-0.05, 0) is 42.7 Å². The Morgan fingerprint density at radius 2 is 2.12 bits per heavy atom. The van der Waals surface area contributed by atoms with Gasteiger partial charge in [-0.25, -0.2) is 0 Å². The number of pyridine rings is 1. The van der Waals surface area contributed by atoms with Gasteiger partial charge < -0.3 is 10.2 Å². The molecule has 1 saturated heterocycles. The summed E-state index contributed by atoms with van der Waals surface area (Å²) in [6.07, 6.45) is 3.68. The predicted octanol–water partition coefficient (Wildman–Crippen LogP) is 2.37. The maximum Gasteiger partial charge on any atom is 0.227 e. The molecule has 1 N–H and O–H groups in total. The van der Waals surface area contributed by atoms with Gasteiger partial charge in [0.2, 0.25) is 11.8 Å². The number of nitrogens with zero attached hydrogens (tertiary/aromatic N) is 2. The molecular formula is C19H21N3O2. The van der Waals surface area contributed by atoms with Crippen molar-refractivity contribution in [3.8, 4) is 0 Å². The SMILES string of the molecule is Cc1cccc(N2CC(C(=O)NCc3cccnc3)CC2=O)c1C. The molecule has 0 aliphatic carbocycles. The van der Waals surface area contributed by atoms with Gasteiger partial charge in [0.1, 0.15) is 0 Å². The summed E-state index contributed by atoms with van der Waals surface area (Å²) in [4.78, 5) is 30.5. The van der Waals surface area contributed by atoms with E-state index in [2.05, 4.69) is 10.3 Å². The lowest BCUT2D eigenvalue weighted by atomic mass is 10.1. The molecule has 0 spiro atoms. The summed E-state index contributed by atoms with van der Waals surface area (Å²) in [6, 6.07) is 9.66. The second-order valence-electron chi connectivity index (χ2n) is 6.20. The van der Waals surface area contributed by atoms with Crippen LogP contribution in [0.1, 0.15) is 23.1 Å². The van der Waals surface area contributed by atoms with Crippen LogP contribution in [-0.4, -0.2) is 23.3 Å². The van der Waals surface area contributed by atoms with Crippen molar-refractivity contribution in [1.82, 2.24) is 10.3 Å². The summed E-state index contributed by atoms with van der Waals surface area (Å²) < 4.78 is 0. The van der Waals surface area contributed by atoms with Crippen molar-refractivity contribution in [3.05, 3.63) is 59.4 Å². The molecule has 2 amide bonds. The first-order valence-electron chi connectivity index (χ1n) is 8.09. The Kier molecular flexibility index (Phi) is 4.60. The number of carbonyl (C=O) groups excluding carboxylic acids is 2. The van der Waals surface area contributed by atoms with E-state index in [1.54, 1.807) is 17.3 Å². The third kappa shape index (κ3) is 3.30. The lowest BCUT2D eigenvalue weighted by Crippen LogP contribution is -2.32. The van der Waals surface area contributed by atoms with Crippen molar-refractivity contribution in [2.24, 2.45) is 5.92 Å². The second kappa shape index (κ2) is 6.83. The number of amides is 2. The standard InChI is InChI=1S/C19H21N3O2/c1-13-5-3-7-17(14(13)2)22-12-16(9-18(22)23)19(24)21-11-15-6-4-8-20-10-15/h3-8,10,16H,9,11-12H2,1-2H3,(H,21,24). The van der Waals surface area contributed by atoms with Gasteiger partial charge in [-0.15, -0.1) is 0 Å². The van der Waals surface area contributed by atoms with Gasteiger partial charge in [0.25, 0.3) is 0 Å². The zero-order valence-corrected chi connectivity index (χ0v) is 14.0. The maximum absolute atomic E-state index is 12.4. The first-order chi connectivity index (χ1) is 11.6. The molecule has 1 fully saturated rings. The Bertz CT molecular complexity index is 758. The summed E-state index contributed by atoms with van der Waals surface area (Å²) >= 11 is 0. The van der Waals surface area contributed by atoms with Gasteiger partial charge in [-0.1, -0.05) is 18.2 Å². The molecule has 2 heterocycles. The van der Waals surface area contributed by atoms with Crippen LogP contribution >= 0.6 is 0 Å². The molecule has 5 nitrogen and oxygen atoms in total. The number of hydrogen-bond donors (Lipinski definition) is 1. The number of benzene rings is 1. The molecule has 1 aromatic carbocycles. The van der Waals surface area contributed by atoms with Crippen LogP contribution in [0.15, 0.2) is 42.7 Å². The Morgan fingerprint density at radius 3 is 2.88 bits per heavy atom. The lowest BCUT2D eigenvalue weighted by molar-refractivity contribution is -0.126. The quantitative estimate of drug-likeness (QED) is 0.939. The normalized spacial score (nSPS) is 17.2. The molecule has 1 unspecified atom stereocenters. The van der Waals surface area contributed by atoms with E-state index in [4.69, 9.17) is 0 Å². The van der Waals surface area contributed by atoms with Gasteiger partial charge >= 0.3 is 0 Å². The molecule has 3 rings (SSSR count). The molecule has 1 aromatic heterocycles. The van der Waals surface area contributed by atoms with Crippen LogP contribution in [0.25, 0.3) is 0 Å². The highest BCUT2D eigenvalue weighted by Crippen LogP contribution is 2.29. The van der Waals surface area contributed by atoms with E-state index in [-0.39, 0.29) is 24.2 Å². The third-order valence-corrected chi connectivity index (χ3v) is 4.55. The number of nitrogens with one attached hydrogen (secondary N) is 1. The Balaban J connectivity index is 1.66. The van der Waals surface area contributed by atoms with E-state index in [0.717, 1.165) is 22.4 Å². The van der Waals surface area contributed by atoms with Crippen molar-refractivity contribution < 1.29 is 9.59 Å². The van der Waals surface area contributed by atoms with Gasteiger partial charge in [-0.3, -0.25) is 14.6 Å². The van der Waals surface area contributed by atoms with E-state index in [1.165, 1.54) is 0 Å². The number of hydrogen-bond acceptors (Lipinski definition) is 3. The van der Waals surface area contributed by atoms with Crippen molar-refractivity contribution >= 4 is 17.5 Å². The fraction of sp³-hybridized carbons (Fsp3) is 0.316.